The topological polar surface area (TPSA) is 38.3 Å². The number of benzene rings is 1. The minimum atomic E-state index is -0.306. The number of para-hydroxylation sites is 1. The molecule has 0 aliphatic carbocycles. The van der Waals surface area contributed by atoms with E-state index in [4.69, 9.17) is 4.74 Å². The number of aryl methyl sites for hydroxylation is 1. The van der Waals surface area contributed by atoms with E-state index in [0.29, 0.717) is 6.61 Å². The number of carbonyl (C=O) groups is 1. The molecular weight excluding hydrogens is 214 g/mol. The SMILES string of the molecule is CCCCOC(=O)/C=C/Nc1ccccc1C. The van der Waals surface area contributed by atoms with Gasteiger partial charge in [-0.05, 0) is 25.0 Å². The summed E-state index contributed by atoms with van der Waals surface area (Å²) in [5.74, 6) is -0.306. The lowest BCUT2D eigenvalue weighted by atomic mass is 10.2. The molecule has 1 rings (SSSR count). The molecule has 0 bridgehead atoms. The third-order valence-corrected chi connectivity index (χ3v) is 2.35. The molecule has 0 heterocycles. The molecule has 0 aromatic heterocycles. The summed E-state index contributed by atoms with van der Waals surface area (Å²) in [6.07, 6.45) is 4.95. The van der Waals surface area contributed by atoms with Crippen LogP contribution in [0.15, 0.2) is 36.5 Å². The van der Waals surface area contributed by atoms with Gasteiger partial charge in [0.2, 0.25) is 0 Å². The summed E-state index contributed by atoms with van der Waals surface area (Å²) in [5, 5.41) is 3.05. The first-order valence-corrected chi connectivity index (χ1v) is 5.89. The molecule has 1 aromatic carbocycles. The van der Waals surface area contributed by atoms with Crippen molar-refractivity contribution < 1.29 is 9.53 Å². The highest BCUT2D eigenvalue weighted by Crippen LogP contribution is 2.12. The van der Waals surface area contributed by atoms with Crippen LogP contribution >= 0.6 is 0 Å². The van der Waals surface area contributed by atoms with Gasteiger partial charge in [0.1, 0.15) is 0 Å². The Labute approximate surface area is 102 Å². The Morgan fingerprint density at radius 3 is 2.88 bits per heavy atom. The van der Waals surface area contributed by atoms with Crippen molar-refractivity contribution in [2.45, 2.75) is 26.7 Å². The van der Waals surface area contributed by atoms with E-state index in [1.54, 1.807) is 6.20 Å². The van der Waals surface area contributed by atoms with Crippen LogP contribution in [-0.4, -0.2) is 12.6 Å². The van der Waals surface area contributed by atoms with Crippen LogP contribution < -0.4 is 5.32 Å². The molecule has 17 heavy (non-hydrogen) atoms. The van der Waals surface area contributed by atoms with Crippen LogP contribution in [0.5, 0.6) is 0 Å². The molecule has 3 heteroatoms. The Morgan fingerprint density at radius 1 is 1.41 bits per heavy atom. The van der Waals surface area contributed by atoms with E-state index in [2.05, 4.69) is 12.2 Å². The Balaban J connectivity index is 2.35. The van der Waals surface area contributed by atoms with Crippen molar-refractivity contribution in [1.29, 1.82) is 0 Å². The van der Waals surface area contributed by atoms with Crippen LogP contribution in [-0.2, 0) is 9.53 Å². The monoisotopic (exact) mass is 233 g/mol. The number of anilines is 1. The van der Waals surface area contributed by atoms with Gasteiger partial charge < -0.3 is 10.1 Å². The fourth-order valence-corrected chi connectivity index (χ4v) is 1.30. The molecule has 92 valence electrons. The lowest BCUT2D eigenvalue weighted by Gasteiger charge is -2.04. The predicted molar refractivity (Wildman–Crippen MR) is 69.8 cm³/mol. The van der Waals surface area contributed by atoms with Crippen LogP contribution in [0.25, 0.3) is 0 Å². The van der Waals surface area contributed by atoms with Crippen molar-refractivity contribution in [2.24, 2.45) is 0 Å². The number of unbranched alkanes of at least 4 members (excludes halogenated alkanes) is 1. The molecule has 0 spiro atoms. The van der Waals surface area contributed by atoms with Gasteiger partial charge in [0.25, 0.3) is 0 Å². The van der Waals surface area contributed by atoms with Gasteiger partial charge in [-0.3, -0.25) is 0 Å². The molecule has 0 fully saturated rings. The molecule has 0 radical (unpaired) electrons. The van der Waals surface area contributed by atoms with Gasteiger partial charge in [-0.25, -0.2) is 4.79 Å². The zero-order valence-electron chi connectivity index (χ0n) is 10.4. The van der Waals surface area contributed by atoms with E-state index in [9.17, 15) is 4.79 Å². The first kappa shape index (κ1) is 13.3. The fourth-order valence-electron chi connectivity index (χ4n) is 1.30. The second-order valence-electron chi connectivity index (χ2n) is 3.81. The largest absolute Gasteiger partial charge is 0.462 e. The van der Waals surface area contributed by atoms with Gasteiger partial charge in [0.05, 0.1) is 6.61 Å². The van der Waals surface area contributed by atoms with Crippen LogP contribution in [0.4, 0.5) is 5.69 Å². The van der Waals surface area contributed by atoms with Gasteiger partial charge in [-0.2, -0.15) is 0 Å². The van der Waals surface area contributed by atoms with Crippen molar-refractivity contribution in [3.05, 3.63) is 42.1 Å². The molecule has 3 nitrogen and oxygen atoms in total. The second kappa shape index (κ2) is 7.49. The summed E-state index contributed by atoms with van der Waals surface area (Å²) in [7, 11) is 0. The van der Waals surface area contributed by atoms with Gasteiger partial charge in [-0.1, -0.05) is 31.5 Å². The van der Waals surface area contributed by atoms with Gasteiger partial charge in [-0.15, -0.1) is 0 Å². The minimum absolute atomic E-state index is 0.306. The predicted octanol–water partition coefficient (Wildman–Crippen LogP) is 3.26. The number of ether oxygens (including phenoxy) is 1. The molecule has 0 aliphatic heterocycles. The van der Waals surface area contributed by atoms with E-state index in [1.165, 1.54) is 6.08 Å². The standard InChI is InChI=1S/C14H19NO2/c1-3-4-11-17-14(16)9-10-15-13-8-6-5-7-12(13)2/h5-10,15H,3-4,11H2,1-2H3/b10-9+. The van der Waals surface area contributed by atoms with Crippen LogP contribution in [0, 0.1) is 6.92 Å². The zero-order valence-corrected chi connectivity index (χ0v) is 10.4. The fraction of sp³-hybridized carbons (Fsp3) is 0.357. The van der Waals surface area contributed by atoms with Crippen molar-refractivity contribution in [3.8, 4) is 0 Å². The smallest absolute Gasteiger partial charge is 0.332 e. The van der Waals surface area contributed by atoms with Crippen LogP contribution in [0.1, 0.15) is 25.3 Å². The summed E-state index contributed by atoms with van der Waals surface area (Å²) < 4.78 is 4.98. The second-order valence-corrected chi connectivity index (χ2v) is 3.81. The first-order chi connectivity index (χ1) is 8.24. The highest BCUT2D eigenvalue weighted by atomic mass is 16.5. The maximum absolute atomic E-state index is 11.2. The Morgan fingerprint density at radius 2 is 2.18 bits per heavy atom. The highest BCUT2D eigenvalue weighted by molar-refractivity contribution is 5.82. The van der Waals surface area contributed by atoms with Crippen molar-refractivity contribution in [2.75, 3.05) is 11.9 Å². The van der Waals surface area contributed by atoms with Crippen molar-refractivity contribution in [3.63, 3.8) is 0 Å². The number of carbonyl (C=O) groups excluding carboxylic acids is 1. The van der Waals surface area contributed by atoms with E-state index in [1.807, 2.05) is 31.2 Å². The third-order valence-electron chi connectivity index (χ3n) is 2.35. The summed E-state index contributed by atoms with van der Waals surface area (Å²) in [6.45, 7) is 4.56. The summed E-state index contributed by atoms with van der Waals surface area (Å²) in [4.78, 5) is 11.2. The number of esters is 1. The van der Waals surface area contributed by atoms with Crippen molar-refractivity contribution in [1.82, 2.24) is 0 Å². The van der Waals surface area contributed by atoms with Crippen molar-refractivity contribution >= 4 is 11.7 Å². The third kappa shape index (κ3) is 5.20. The average molecular weight is 233 g/mol. The molecule has 1 N–H and O–H groups in total. The molecule has 0 saturated carbocycles. The molecule has 0 saturated heterocycles. The summed E-state index contributed by atoms with van der Waals surface area (Å²) >= 11 is 0. The minimum Gasteiger partial charge on any atom is -0.462 e. The normalized spacial score (nSPS) is 10.5. The molecule has 0 atom stereocenters. The lowest BCUT2D eigenvalue weighted by molar-refractivity contribution is -0.137. The molecule has 1 aromatic rings. The zero-order chi connectivity index (χ0) is 12.5. The summed E-state index contributed by atoms with van der Waals surface area (Å²) in [6, 6.07) is 7.89. The number of nitrogens with one attached hydrogen (secondary N) is 1. The average Bonchev–Trinajstić information content (AvgIpc) is 2.32. The van der Waals surface area contributed by atoms with Gasteiger partial charge >= 0.3 is 5.97 Å². The number of hydrogen-bond acceptors (Lipinski definition) is 3. The van der Waals surface area contributed by atoms with E-state index < -0.39 is 0 Å². The number of hydrogen-bond donors (Lipinski definition) is 1. The first-order valence-electron chi connectivity index (χ1n) is 5.89. The van der Waals surface area contributed by atoms with E-state index in [-0.39, 0.29) is 5.97 Å². The molecule has 0 unspecified atom stereocenters. The molecule has 0 aliphatic rings. The van der Waals surface area contributed by atoms with Crippen LogP contribution in [0.3, 0.4) is 0 Å². The molecular formula is C14H19NO2. The molecule has 0 amide bonds. The van der Waals surface area contributed by atoms with E-state index >= 15 is 0 Å². The number of rotatable bonds is 6. The van der Waals surface area contributed by atoms with Crippen LogP contribution in [0.2, 0.25) is 0 Å². The lowest BCUT2D eigenvalue weighted by Crippen LogP contribution is -2.03. The van der Waals surface area contributed by atoms with E-state index in [0.717, 1.165) is 24.1 Å². The quantitative estimate of drug-likeness (QED) is 0.465. The Bertz CT molecular complexity index is 386. The van der Waals surface area contributed by atoms with Gasteiger partial charge in [0, 0.05) is 18.0 Å². The Hall–Kier alpha value is -1.77. The maximum atomic E-state index is 11.2. The maximum Gasteiger partial charge on any atom is 0.332 e. The highest BCUT2D eigenvalue weighted by Gasteiger charge is 1.96. The Kier molecular flexibility index (Phi) is 5.86. The summed E-state index contributed by atoms with van der Waals surface area (Å²) in [5.41, 5.74) is 2.13. The van der Waals surface area contributed by atoms with Gasteiger partial charge in [0.15, 0.2) is 0 Å².